The summed E-state index contributed by atoms with van der Waals surface area (Å²) >= 11 is 0. The van der Waals surface area contributed by atoms with Crippen LogP contribution in [0.5, 0.6) is 0 Å². The van der Waals surface area contributed by atoms with Crippen molar-refractivity contribution in [2.24, 2.45) is 0 Å². The molecule has 9 aromatic rings. The van der Waals surface area contributed by atoms with E-state index in [1.54, 1.807) is 0 Å². The zero-order valence-electron chi connectivity index (χ0n) is 24.9. The Balaban J connectivity index is 1.34. The second-order valence-corrected chi connectivity index (χ2v) is 11.6. The smallest absolute Gasteiger partial charge is 0.164 e. The Labute approximate surface area is 266 Å². The Kier molecular flexibility index (Phi) is 6.14. The second kappa shape index (κ2) is 10.8. The predicted octanol–water partition coefficient (Wildman–Crippen LogP) is 11.2. The molecule has 3 heteroatoms. The molecule has 0 aliphatic rings. The summed E-state index contributed by atoms with van der Waals surface area (Å²) in [6, 6.07) is 57.5. The third-order valence-electron chi connectivity index (χ3n) is 8.90. The van der Waals surface area contributed by atoms with Crippen LogP contribution in [0.1, 0.15) is 0 Å². The standard InChI is InChI=1S/C43H27N3/c1-3-14-29(15-4-1)41-44-42(30-16-5-2-6-17-30)46-43(45-41)38-22-12-11-21-34(38)39-27-31-18-8-10-20-33(31)40-36-24-23-28-13-7-9-19-32(28)35(36)25-26-37(39)40/h1-27H. The quantitative estimate of drug-likeness (QED) is 0.193. The van der Waals surface area contributed by atoms with Crippen LogP contribution in [0.15, 0.2) is 164 Å². The van der Waals surface area contributed by atoms with Crippen LogP contribution in [0, 0.1) is 0 Å². The molecule has 0 bridgehead atoms. The maximum absolute atomic E-state index is 5.09. The van der Waals surface area contributed by atoms with E-state index >= 15 is 0 Å². The lowest BCUT2D eigenvalue weighted by Crippen LogP contribution is -2.01. The number of rotatable bonds is 4. The maximum Gasteiger partial charge on any atom is 0.164 e. The summed E-state index contributed by atoms with van der Waals surface area (Å²) in [5.74, 6) is 1.96. The molecular formula is C43H27N3. The fourth-order valence-corrected chi connectivity index (χ4v) is 6.75. The average Bonchev–Trinajstić information content (AvgIpc) is 3.14. The molecule has 9 rings (SSSR count). The molecule has 0 fully saturated rings. The van der Waals surface area contributed by atoms with Crippen LogP contribution in [-0.4, -0.2) is 15.0 Å². The summed E-state index contributed by atoms with van der Waals surface area (Å²) < 4.78 is 0. The minimum absolute atomic E-state index is 0.649. The van der Waals surface area contributed by atoms with Gasteiger partial charge in [0.1, 0.15) is 0 Å². The first kappa shape index (κ1) is 26.2. The minimum Gasteiger partial charge on any atom is -0.208 e. The molecular weight excluding hydrogens is 558 g/mol. The van der Waals surface area contributed by atoms with Gasteiger partial charge in [0.15, 0.2) is 17.5 Å². The van der Waals surface area contributed by atoms with Crippen molar-refractivity contribution in [3.05, 3.63) is 164 Å². The molecule has 214 valence electrons. The first-order valence-corrected chi connectivity index (χ1v) is 15.5. The molecule has 8 aromatic carbocycles. The third-order valence-corrected chi connectivity index (χ3v) is 8.90. The monoisotopic (exact) mass is 585 g/mol. The average molecular weight is 586 g/mol. The van der Waals surface area contributed by atoms with E-state index in [0.29, 0.717) is 17.5 Å². The summed E-state index contributed by atoms with van der Waals surface area (Å²) in [7, 11) is 0. The number of hydrogen-bond acceptors (Lipinski definition) is 3. The van der Waals surface area contributed by atoms with E-state index in [1.165, 1.54) is 43.1 Å². The van der Waals surface area contributed by atoms with Gasteiger partial charge in [0.2, 0.25) is 0 Å². The van der Waals surface area contributed by atoms with E-state index in [9.17, 15) is 0 Å². The van der Waals surface area contributed by atoms with Crippen molar-refractivity contribution in [2.45, 2.75) is 0 Å². The number of hydrogen-bond donors (Lipinski definition) is 0. The van der Waals surface area contributed by atoms with Crippen LogP contribution < -0.4 is 0 Å². The Morgan fingerprint density at radius 2 is 0.804 bits per heavy atom. The zero-order valence-corrected chi connectivity index (χ0v) is 24.9. The van der Waals surface area contributed by atoms with Gasteiger partial charge in [0.05, 0.1) is 0 Å². The summed E-state index contributed by atoms with van der Waals surface area (Å²) in [6.07, 6.45) is 0. The molecule has 0 radical (unpaired) electrons. The highest BCUT2D eigenvalue weighted by Gasteiger charge is 2.18. The van der Waals surface area contributed by atoms with Crippen molar-refractivity contribution in [2.75, 3.05) is 0 Å². The Morgan fingerprint density at radius 3 is 1.52 bits per heavy atom. The van der Waals surface area contributed by atoms with Crippen LogP contribution in [0.2, 0.25) is 0 Å². The number of nitrogens with zero attached hydrogens (tertiary/aromatic N) is 3. The second-order valence-electron chi connectivity index (χ2n) is 11.6. The lowest BCUT2D eigenvalue weighted by molar-refractivity contribution is 1.07. The highest BCUT2D eigenvalue weighted by Crippen LogP contribution is 2.43. The summed E-state index contributed by atoms with van der Waals surface area (Å²) in [5.41, 5.74) is 5.12. The number of fused-ring (bicyclic) bond motifs is 7. The molecule has 0 saturated carbocycles. The molecule has 1 aromatic heterocycles. The van der Waals surface area contributed by atoms with Gasteiger partial charge in [0, 0.05) is 16.7 Å². The normalized spacial score (nSPS) is 11.5. The highest BCUT2D eigenvalue weighted by atomic mass is 15.0. The van der Waals surface area contributed by atoms with Crippen molar-refractivity contribution in [1.29, 1.82) is 0 Å². The van der Waals surface area contributed by atoms with Gasteiger partial charge >= 0.3 is 0 Å². The molecule has 46 heavy (non-hydrogen) atoms. The van der Waals surface area contributed by atoms with E-state index in [0.717, 1.165) is 27.8 Å². The van der Waals surface area contributed by atoms with Crippen LogP contribution >= 0.6 is 0 Å². The fourth-order valence-electron chi connectivity index (χ4n) is 6.75. The Morgan fingerprint density at radius 1 is 0.283 bits per heavy atom. The van der Waals surface area contributed by atoms with E-state index < -0.39 is 0 Å². The van der Waals surface area contributed by atoms with E-state index in [-0.39, 0.29) is 0 Å². The molecule has 3 nitrogen and oxygen atoms in total. The molecule has 0 atom stereocenters. The summed E-state index contributed by atoms with van der Waals surface area (Å²) in [6.45, 7) is 0. The van der Waals surface area contributed by atoms with Gasteiger partial charge in [0.25, 0.3) is 0 Å². The first-order chi connectivity index (χ1) is 22.8. The highest BCUT2D eigenvalue weighted by molar-refractivity contribution is 6.27. The fraction of sp³-hybridized carbons (Fsp3) is 0. The molecule has 0 aliphatic heterocycles. The number of benzene rings is 8. The topological polar surface area (TPSA) is 38.7 Å². The van der Waals surface area contributed by atoms with Crippen LogP contribution in [0.3, 0.4) is 0 Å². The third kappa shape index (κ3) is 4.33. The maximum atomic E-state index is 5.09. The molecule has 0 amide bonds. The first-order valence-electron chi connectivity index (χ1n) is 15.5. The number of aromatic nitrogens is 3. The van der Waals surface area contributed by atoms with Gasteiger partial charge in [-0.15, -0.1) is 0 Å². The van der Waals surface area contributed by atoms with Crippen molar-refractivity contribution in [1.82, 2.24) is 15.0 Å². The largest absolute Gasteiger partial charge is 0.208 e. The van der Waals surface area contributed by atoms with Crippen LogP contribution in [0.4, 0.5) is 0 Å². The van der Waals surface area contributed by atoms with Crippen molar-refractivity contribution in [3.8, 4) is 45.3 Å². The van der Waals surface area contributed by atoms with Gasteiger partial charge in [-0.2, -0.15) is 0 Å². The minimum atomic E-state index is 0.649. The SMILES string of the molecule is c1ccc(-c2nc(-c3ccccc3)nc(-c3ccccc3-c3cc4ccccc4c4c3ccc3c5ccccc5ccc34)n2)cc1. The van der Waals surface area contributed by atoms with E-state index in [2.05, 4.69) is 103 Å². The molecule has 0 aliphatic carbocycles. The van der Waals surface area contributed by atoms with Gasteiger partial charge in [-0.3, -0.25) is 0 Å². The molecule has 1 heterocycles. The van der Waals surface area contributed by atoms with E-state index in [1.807, 2.05) is 60.7 Å². The van der Waals surface area contributed by atoms with Crippen LogP contribution in [0.25, 0.3) is 88.4 Å². The zero-order chi connectivity index (χ0) is 30.5. The molecule has 0 N–H and O–H groups in total. The summed E-state index contributed by atoms with van der Waals surface area (Å²) in [5, 5.41) is 9.94. The van der Waals surface area contributed by atoms with Gasteiger partial charge in [-0.05, 0) is 60.3 Å². The Hall–Kier alpha value is -6.19. The van der Waals surface area contributed by atoms with E-state index in [4.69, 9.17) is 15.0 Å². The lowest BCUT2D eigenvalue weighted by atomic mass is 9.87. The van der Waals surface area contributed by atoms with Gasteiger partial charge in [-0.25, -0.2) is 15.0 Å². The Bertz CT molecular complexity index is 2520. The lowest BCUT2D eigenvalue weighted by Gasteiger charge is -2.17. The van der Waals surface area contributed by atoms with Crippen molar-refractivity contribution in [3.63, 3.8) is 0 Å². The molecule has 0 saturated heterocycles. The van der Waals surface area contributed by atoms with Gasteiger partial charge < -0.3 is 0 Å². The summed E-state index contributed by atoms with van der Waals surface area (Å²) in [4.78, 5) is 15.1. The molecule has 0 spiro atoms. The van der Waals surface area contributed by atoms with Crippen molar-refractivity contribution >= 4 is 43.1 Å². The molecule has 0 unspecified atom stereocenters. The van der Waals surface area contributed by atoms with Crippen LogP contribution in [-0.2, 0) is 0 Å². The van der Waals surface area contributed by atoms with Crippen molar-refractivity contribution < 1.29 is 0 Å². The predicted molar refractivity (Wildman–Crippen MR) is 192 cm³/mol. The van der Waals surface area contributed by atoms with Gasteiger partial charge in [-0.1, -0.05) is 158 Å².